The minimum absolute atomic E-state index is 0.249. The fourth-order valence-corrected chi connectivity index (χ4v) is 2.90. The van der Waals surface area contributed by atoms with Gasteiger partial charge in [0.2, 0.25) is 0 Å². The zero-order valence-electron chi connectivity index (χ0n) is 12.9. The van der Waals surface area contributed by atoms with Crippen molar-refractivity contribution in [2.24, 2.45) is 0 Å². The molecule has 1 aliphatic rings. The van der Waals surface area contributed by atoms with E-state index in [9.17, 15) is 9.50 Å². The number of halogens is 1. The lowest BCUT2D eigenvalue weighted by Crippen LogP contribution is -2.42. The fourth-order valence-electron chi connectivity index (χ4n) is 2.90. The maximum atomic E-state index is 13.7. The van der Waals surface area contributed by atoms with E-state index in [2.05, 4.69) is 23.9 Å². The van der Waals surface area contributed by atoms with Crippen LogP contribution < -0.4 is 4.90 Å². The van der Waals surface area contributed by atoms with Gasteiger partial charge in [0.05, 0.1) is 6.10 Å². The Morgan fingerprint density at radius 2 is 1.95 bits per heavy atom. The Bertz CT molecular complexity index is 468. The van der Waals surface area contributed by atoms with E-state index in [-0.39, 0.29) is 5.82 Å². The van der Waals surface area contributed by atoms with Crippen LogP contribution in [0.5, 0.6) is 0 Å². The van der Waals surface area contributed by atoms with E-state index in [0.29, 0.717) is 17.2 Å². The summed E-state index contributed by atoms with van der Waals surface area (Å²) in [6, 6.07) is 3.78. The molecule has 112 valence electrons. The van der Waals surface area contributed by atoms with Crippen molar-refractivity contribution < 1.29 is 9.50 Å². The molecule has 1 aromatic carbocycles. The molecule has 3 nitrogen and oxygen atoms in total. The van der Waals surface area contributed by atoms with Crippen LogP contribution in [0.4, 0.5) is 10.1 Å². The van der Waals surface area contributed by atoms with Gasteiger partial charge in [-0.1, -0.05) is 0 Å². The second kappa shape index (κ2) is 6.10. The van der Waals surface area contributed by atoms with Crippen LogP contribution in [0.3, 0.4) is 0 Å². The number of aryl methyl sites for hydroxylation is 1. The second-order valence-electron chi connectivity index (χ2n) is 5.98. The van der Waals surface area contributed by atoms with Crippen LogP contribution in [0.2, 0.25) is 0 Å². The molecule has 1 unspecified atom stereocenters. The van der Waals surface area contributed by atoms with Crippen molar-refractivity contribution in [1.29, 1.82) is 0 Å². The Balaban J connectivity index is 2.28. The third kappa shape index (κ3) is 3.13. The maximum absolute atomic E-state index is 13.7. The number of hydrogen-bond acceptors (Lipinski definition) is 3. The van der Waals surface area contributed by atoms with Gasteiger partial charge < -0.3 is 14.9 Å². The third-order valence-corrected chi connectivity index (χ3v) is 4.37. The van der Waals surface area contributed by atoms with Crippen molar-refractivity contribution in [3.05, 3.63) is 29.1 Å². The monoisotopic (exact) mass is 280 g/mol. The predicted molar refractivity (Wildman–Crippen MR) is 80.7 cm³/mol. The molecule has 0 aromatic heterocycles. The highest BCUT2D eigenvalue weighted by Gasteiger charge is 2.24. The molecule has 1 N–H and O–H groups in total. The SMILES string of the molecule is Cc1cc(N(C)C2CCN(C)CC2)c(C(C)O)cc1F. The number of benzene rings is 1. The molecular weight excluding hydrogens is 255 g/mol. The number of anilines is 1. The number of rotatable bonds is 3. The standard InChI is InChI=1S/C16H25FN2O/c1-11-9-16(14(12(2)20)10-15(11)17)19(4)13-5-7-18(3)8-6-13/h9-10,12-13,20H,5-8H2,1-4H3. The summed E-state index contributed by atoms with van der Waals surface area (Å²) in [5.41, 5.74) is 2.26. The summed E-state index contributed by atoms with van der Waals surface area (Å²) in [5, 5.41) is 9.91. The van der Waals surface area contributed by atoms with Gasteiger partial charge in [-0.2, -0.15) is 0 Å². The first-order chi connectivity index (χ1) is 9.40. The Hall–Kier alpha value is -1.13. The van der Waals surface area contributed by atoms with Crippen molar-refractivity contribution in [2.45, 2.75) is 38.8 Å². The summed E-state index contributed by atoms with van der Waals surface area (Å²) >= 11 is 0. The van der Waals surface area contributed by atoms with E-state index in [0.717, 1.165) is 31.6 Å². The summed E-state index contributed by atoms with van der Waals surface area (Å²) < 4.78 is 13.7. The van der Waals surface area contributed by atoms with Crippen LogP contribution >= 0.6 is 0 Å². The molecule has 0 saturated carbocycles. The van der Waals surface area contributed by atoms with Crippen LogP contribution in [0, 0.1) is 12.7 Å². The van der Waals surface area contributed by atoms with Gasteiger partial charge in [0.15, 0.2) is 0 Å². The van der Waals surface area contributed by atoms with E-state index < -0.39 is 6.10 Å². The average molecular weight is 280 g/mol. The lowest BCUT2D eigenvalue weighted by atomic mass is 9.99. The topological polar surface area (TPSA) is 26.7 Å². The van der Waals surface area contributed by atoms with E-state index in [1.165, 1.54) is 6.07 Å². The average Bonchev–Trinajstić information content (AvgIpc) is 2.41. The number of nitrogens with zero attached hydrogens (tertiary/aromatic N) is 2. The van der Waals surface area contributed by atoms with Crippen LogP contribution in [-0.4, -0.2) is 43.2 Å². The second-order valence-corrected chi connectivity index (χ2v) is 5.98. The molecule has 20 heavy (non-hydrogen) atoms. The van der Waals surface area contributed by atoms with E-state index in [1.54, 1.807) is 13.8 Å². The number of aliphatic hydroxyl groups is 1. The first-order valence-corrected chi connectivity index (χ1v) is 7.29. The van der Waals surface area contributed by atoms with Gasteiger partial charge in [-0.3, -0.25) is 0 Å². The largest absolute Gasteiger partial charge is 0.389 e. The normalized spacial score (nSPS) is 19.1. The highest BCUT2D eigenvalue weighted by Crippen LogP contribution is 2.31. The summed E-state index contributed by atoms with van der Waals surface area (Å²) in [6.07, 6.45) is 1.54. The fraction of sp³-hybridized carbons (Fsp3) is 0.625. The summed E-state index contributed by atoms with van der Waals surface area (Å²) in [7, 11) is 4.19. The first kappa shape index (κ1) is 15.3. The van der Waals surface area contributed by atoms with Gasteiger partial charge in [-0.15, -0.1) is 0 Å². The molecule has 0 bridgehead atoms. The van der Waals surface area contributed by atoms with E-state index in [4.69, 9.17) is 0 Å². The van der Waals surface area contributed by atoms with Crippen molar-refractivity contribution in [3.8, 4) is 0 Å². The minimum Gasteiger partial charge on any atom is -0.389 e. The molecule has 2 rings (SSSR count). The van der Waals surface area contributed by atoms with Gasteiger partial charge in [0, 0.05) is 24.3 Å². The third-order valence-electron chi connectivity index (χ3n) is 4.37. The number of hydrogen-bond donors (Lipinski definition) is 1. The van der Waals surface area contributed by atoms with Gasteiger partial charge in [0.1, 0.15) is 5.82 Å². The molecule has 1 fully saturated rings. The number of likely N-dealkylation sites (tertiary alicyclic amines) is 1. The highest BCUT2D eigenvalue weighted by atomic mass is 19.1. The van der Waals surface area contributed by atoms with Gasteiger partial charge in [0.25, 0.3) is 0 Å². The molecule has 1 saturated heterocycles. The van der Waals surface area contributed by atoms with Crippen LogP contribution in [0.1, 0.15) is 37.0 Å². The lowest BCUT2D eigenvalue weighted by Gasteiger charge is -2.37. The molecule has 0 spiro atoms. The summed E-state index contributed by atoms with van der Waals surface area (Å²) in [6.45, 7) is 5.63. The molecule has 1 heterocycles. The lowest BCUT2D eigenvalue weighted by molar-refractivity contribution is 0.198. The maximum Gasteiger partial charge on any atom is 0.126 e. The molecule has 0 amide bonds. The van der Waals surface area contributed by atoms with Crippen molar-refractivity contribution in [3.63, 3.8) is 0 Å². The Morgan fingerprint density at radius 1 is 1.35 bits per heavy atom. The van der Waals surface area contributed by atoms with Gasteiger partial charge in [-0.25, -0.2) is 4.39 Å². The highest BCUT2D eigenvalue weighted by molar-refractivity contribution is 5.57. The molecule has 0 aliphatic carbocycles. The summed E-state index contributed by atoms with van der Waals surface area (Å²) in [5.74, 6) is -0.249. The molecule has 0 radical (unpaired) electrons. The molecule has 1 aliphatic heterocycles. The van der Waals surface area contributed by atoms with Gasteiger partial charge in [-0.05, 0) is 64.5 Å². The number of aliphatic hydroxyl groups excluding tert-OH is 1. The predicted octanol–water partition coefficient (Wildman–Crippen LogP) is 2.72. The van der Waals surface area contributed by atoms with Crippen LogP contribution in [-0.2, 0) is 0 Å². The number of piperidine rings is 1. The van der Waals surface area contributed by atoms with Crippen molar-refractivity contribution in [1.82, 2.24) is 4.90 Å². The van der Waals surface area contributed by atoms with Crippen molar-refractivity contribution in [2.75, 3.05) is 32.1 Å². The van der Waals surface area contributed by atoms with Gasteiger partial charge >= 0.3 is 0 Å². The summed E-state index contributed by atoms with van der Waals surface area (Å²) in [4.78, 5) is 4.54. The first-order valence-electron chi connectivity index (χ1n) is 7.29. The van der Waals surface area contributed by atoms with Crippen LogP contribution in [0.15, 0.2) is 12.1 Å². The minimum atomic E-state index is -0.659. The Labute approximate surface area is 121 Å². The van der Waals surface area contributed by atoms with Crippen LogP contribution in [0.25, 0.3) is 0 Å². The molecule has 4 heteroatoms. The van der Waals surface area contributed by atoms with Crippen molar-refractivity contribution >= 4 is 5.69 Å². The molecule has 1 atom stereocenters. The Kier molecular flexibility index (Phi) is 4.66. The smallest absolute Gasteiger partial charge is 0.126 e. The van der Waals surface area contributed by atoms with E-state index >= 15 is 0 Å². The quantitative estimate of drug-likeness (QED) is 0.922. The van der Waals surface area contributed by atoms with E-state index in [1.807, 2.05) is 6.07 Å². The Morgan fingerprint density at radius 3 is 2.50 bits per heavy atom. The molecular formula is C16H25FN2O. The molecule has 1 aromatic rings. The zero-order chi connectivity index (χ0) is 14.9. The zero-order valence-corrected chi connectivity index (χ0v) is 12.9.